The van der Waals surface area contributed by atoms with Crippen LogP contribution in [0.2, 0.25) is 0 Å². The van der Waals surface area contributed by atoms with Gasteiger partial charge in [-0.2, -0.15) is 0 Å². The fraction of sp³-hybridized carbons (Fsp3) is 0.900. The number of aliphatic hydroxyl groups excluding tert-OH is 1. The molecule has 0 aromatic carbocycles. The fourth-order valence-corrected chi connectivity index (χ4v) is 3.41. The van der Waals surface area contributed by atoms with Crippen LogP contribution < -0.4 is 5.73 Å². The Labute approximate surface area is 163 Å². The van der Waals surface area contributed by atoms with E-state index in [0.717, 1.165) is 18.7 Å². The minimum atomic E-state index is -0.656. The predicted molar refractivity (Wildman–Crippen MR) is 105 cm³/mol. The summed E-state index contributed by atoms with van der Waals surface area (Å²) in [4.78, 5) is 0. The second-order valence-corrected chi connectivity index (χ2v) is 7.70. The maximum Gasteiger partial charge on any atom is 0.108 e. The second-order valence-electron chi connectivity index (χ2n) is 7.70. The number of aryl methyl sites for hydroxylation is 1. The van der Waals surface area contributed by atoms with Crippen molar-refractivity contribution in [3.63, 3.8) is 0 Å². The zero-order valence-electron chi connectivity index (χ0n) is 16.9. The smallest absolute Gasteiger partial charge is 0.108 e. The Balaban J connectivity index is 1.46. The Kier molecular flexibility index (Phi) is 10.9. The lowest BCUT2D eigenvalue weighted by Crippen LogP contribution is -2.38. The molecule has 0 aliphatic carbocycles. The minimum absolute atomic E-state index is 0.319. The number of hydrogen-bond acceptors (Lipinski definition) is 6. The number of aliphatic hydroxyl groups is 1. The molecule has 156 valence electrons. The first-order chi connectivity index (χ1) is 13.2. The van der Waals surface area contributed by atoms with Gasteiger partial charge in [-0.25, -0.2) is 0 Å². The lowest BCUT2D eigenvalue weighted by Gasteiger charge is -2.14. The molecule has 1 aliphatic rings. The summed E-state index contributed by atoms with van der Waals surface area (Å²) in [7, 11) is 0. The summed E-state index contributed by atoms with van der Waals surface area (Å²) in [6.45, 7) is 4.24. The fourth-order valence-electron chi connectivity index (χ4n) is 3.41. The lowest BCUT2D eigenvalue weighted by atomic mass is 10.1. The summed E-state index contributed by atoms with van der Waals surface area (Å²) >= 11 is 0. The number of aromatic nitrogens is 3. The molecule has 3 N–H and O–H groups in total. The molecule has 7 nitrogen and oxygen atoms in total. The maximum atomic E-state index is 9.82. The van der Waals surface area contributed by atoms with E-state index in [-0.39, 0.29) is 12.1 Å². The zero-order chi connectivity index (χ0) is 19.3. The molecule has 0 amide bonds. The van der Waals surface area contributed by atoms with Crippen molar-refractivity contribution in [3.05, 3.63) is 11.9 Å². The highest BCUT2D eigenvalue weighted by Gasteiger charge is 2.33. The number of unbranched alkanes of at least 4 members (excludes halogenated alkanes) is 9. The van der Waals surface area contributed by atoms with E-state index in [1.807, 2.05) is 10.9 Å². The first-order valence-corrected chi connectivity index (χ1v) is 10.7. The van der Waals surface area contributed by atoms with E-state index in [4.69, 9.17) is 15.2 Å². The zero-order valence-corrected chi connectivity index (χ0v) is 16.9. The van der Waals surface area contributed by atoms with E-state index < -0.39 is 6.10 Å². The highest BCUT2D eigenvalue weighted by atomic mass is 16.5. The summed E-state index contributed by atoms with van der Waals surface area (Å²) in [6.07, 6.45) is 14.2. The SMILES string of the molecule is CCCCCCCCCCCCn1cc(COC[C@@H]2OC[C@H](N)[C@H]2O)nn1. The Morgan fingerprint density at radius 2 is 1.81 bits per heavy atom. The summed E-state index contributed by atoms with van der Waals surface area (Å²) < 4.78 is 12.9. The summed E-state index contributed by atoms with van der Waals surface area (Å²) in [6, 6.07) is -0.319. The molecule has 3 atom stereocenters. The number of hydrogen-bond donors (Lipinski definition) is 2. The Morgan fingerprint density at radius 3 is 2.44 bits per heavy atom. The van der Waals surface area contributed by atoms with Crippen LogP contribution in [0.1, 0.15) is 76.8 Å². The van der Waals surface area contributed by atoms with E-state index >= 15 is 0 Å². The molecule has 0 saturated carbocycles. The molecule has 2 rings (SSSR count). The molecule has 1 aromatic rings. The quantitative estimate of drug-likeness (QED) is 0.453. The highest BCUT2D eigenvalue weighted by molar-refractivity contribution is 4.90. The predicted octanol–water partition coefficient (Wildman–Crippen LogP) is 2.80. The molecular weight excluding hydrogens is 344 g/mol. The molecule has 0 radical (unpaired) electrons. The standard InChI is InChI=1S/C20H38N4O3/c1-2-3-4-5-6-7-8-9-10-11-12-24-13-17(22-23-24)14-26-16-19-20(25)18(21)15-27-19/h13,18-20,25H,2-12,14-16,21H2,1H3/t18-,19-,20+/m0/s1. The van der Waals surface area contributed by atoms with Gasteiger partial charge in [0.05, 0.1) is 38.2 Å². The Morgan fingerprint density at radius 1 is 1.15 bits per heavy atom. The highest BCUT2D eigenvalue weighted by Crippen LogP contribution is 2.14. The van der Waals surface area contributed by atoms with Crippen LogP contribution >= 0.6 is 0 Å². The van der Waals surface area contributed by atoms with Crippen LogP contribution in [-0.2, 0) is 22.6 Å². The number of rotatable bonds is 15. The normalized spacial score (nSPS) is 22.6. The van der Waals surface area contributed by atoms with Crippen molar-refractivity contribution in [3.8, 4) is 0 Å². The van der Waals surface area contributed by atoms with E-state index in [9.17, 15) is 5.11 Å². The van der Waals surface area contributed by atoms with Crippen molar-refractivity contribution in [2.24, 2.45) is 5.73 Å². The van der Waals surface area contributed by atoms with Gasteiger partial charge in [0, 0.05) is 6.54 Å². The summed E-state index contributed by atoms with van der Waals surface area (Å²) in [5.74, 6) is 0. The van der Waals surface area contributed by atoms with Gasteiger partial charge in [-0.05, 0) is 6.42 Å². The van der Waals surface area contributed by atoms with E-state index in [0.29, 0.717) is 19.8 Å². The summed E-state index contributed by atoms with van der Waals surface area (Å²) in [5.41, 5.74) is 6.51. The first-order valence-electron chi connectivity index (χ1n) is 10.7. The lowest BCUT2D eigenvalue weighted by molar-refractivity contribution is -0.0299. The number of nitrogens with two attached hydrogens (primary N) is 1. The molecule has 27 heavy (non-hydrogen) atoms. The first kappa shape index (κ1) is 22.3. The third-order valence-corrected chi connectivity index (χ3v) is 5.18. The van der Waals surface area contributed by atoms with Gasteiger partial charge in [-0.1, -0.05) is 69.9 Å². The van der Waals surface area contributed by atoms with Crippen molar-refractivity contribution in [2.45, 2.75) is 103 Å². The van der Waals surface area contributed by atoms with Gasteiger partial charge in [0.2, 0.25) is 0 Å². The summed E-state index contributed by atoms with van der Waals surface area (Å²) in [5, 5.41) is 18.1. The van der Waals surface area contributed by atoms with Crippen molar-refractivity contribution < 1.29 is 14.6 Å². The van der Waals surface area contributed by atoms with Crippen molar-refractivity contribution in [1.82, 2.24) is 15.0 Å². The largest absolute Gasteiger partial charge is 0.389 e. The van der Waals surface area contributed by atoms with Gasteiger partial charge in [0.1, 0.15) is 11.8 Å². The molecule has 7 heteroatoms. The van der Waals surface area contributed by atoms with Crippen LogP contribution in [0.4, 0.5) is 0 Å². The monoisotopic (exact) mass is 382 g/mol. The topological polar surface area (TPSA) is 95.4 Å². The number of ether oxygens (including phenoxy) is 2. The molecular formula is C20H38N4O3. The van der Waals surface area contributed by atoms with Crippen LogP contribution in [0.3, 0.4) is 0 Å². The van der Waals surface area contributed by atoms with Crippen molar-refractivity contribution in [1.29, 1.82) is 0 Å². The van der Waals surface area contributed by atoms with Crippen LogP contribution in [0.15, 0.2) is 6.20 Å². The van der Waals surface area contributed by atoms with Gasteiger partial charge in [0.15, 0.2) is 0 Å². The molecule has 0 unspecified atom stereocenters. The molecule has 1 aromatic heterocycles. The van der Waals surface area contributed by atoms with E-state index in [2.05, 4.69) is 17.2 Å². The van der Waals surface area contributed by atoms with Crippen molar-refractivity contribution in [2.75, 3.05) is 13.2 Å². The maximum absolute atomic E-state index is 9.82. The average Bonchev–Trinajstić information content (AvgIpc) is 3.25. The molecule has 0 bridgehead atoms. The molecule has 1 fully saturated rings. The third kappa shape index (κ3) is 8.68. The van der Waals surface area contributed by atoms with E-state index in [1.165, 1.54) is 57.8 Å². The van der Waals surface area contributed by atoms with Gasteiger partial charge in [-0.15, -0.1) is 5.10 Å². The number of nitrogens with zero attached hydrogens (tertiary/aromatic N) is 3. The van der Waals surface area contributed by atoms with Gasteiger partial charge >= 0.3 is 0 Å². The second kappa shape index (κ2) is 13.2. The average molecular weight is 383 g/mol. The van der Waals surface area contributed by atoms with Gasteiger partial charge in [-0.3, -0.25) is 4.68 Å². The van der Waals surface area contributed by atoms with Crippen molar-refractivity contribution >= 4 is 0 Å². The molecule has 2 heterocycles. The van der Waals surface area contributed by atoms with Crippen LogP contribution in [0.5, 0.6) is 0 Å². The van der Waals surface area contributed by atoms with Gasteiger partial charge < -0.3 is 20.3 Å². The minimum Gasteiger partial charge on any atom is -0.389 e. The van der Waals surface area contributed by atoms with Crippen LogP contribution in [0.25, 0.3) is 0 Å². The van der Waals surface area contributed by atoms with E-state index in [1.54, 1.807) is 0 Å². The van der Waals surface area contributed by atoms with Gasteiger partial charge in [0.25, 0.3) is 0 Å². The van der Waals surface area contributed by atoms with Crippen LogP contribution in [0, 0.1) is 0 Å². The third-order valence-electron chi connectivity index (χ3n) is 5.18. The van der Waals surface area contributed by atoms with Crippen LogP contribution in [-0.4, -0.2) is 51.6 Å². The Hall–Kier alpha value is -1.02. The molecule has 1 saturated heterocycles. The molecule has 0 spiro atoms. The Bertz CT molecular complexity index is 497. The molecule has 1 aliphatic heterocycles.